The first-order chi connectivity index (χ1) is 7.24. The van der Waals surface area contributed by atoms with Crippen LogP contribution in [0.25, 0.3) is 0 Å². The molecule has 0 saturated carbocycles. The molecule has 0 heterocycles. The Bertz CT molecular complexity index is 348. The molecule has 2 heteroatoms. The summed E-state index contributed by atoms with van der Waals surface area (Å²) in [6, 6.07) is 5.46. The van der Waals surface area contributed by atoms with Crippen molar-refractivity contribution in [3.8, 4) is 0 Å². The normalized spacial score (nSPS) is 24.2. The van der Waals surface area contributed by atoms with Gasteiger partial charge < -0.3 is 5.32 Å². The Hall–Kier alpha value is -0.890. The molecule has 1 aliphatic carbocycles. The quantitative estimate of drug-likeness (QED) is 0.803. The minimum absolute atomic E-state index is 0.0280. The molecule has 2 unspecified atom stereocenters. The molecule has 0 amide bonds. The van der Waals surface area contributed by atoms with E-state index in [1.807, 2.05) is 6.07 Å². The van der Waals surface area contributed by atoms with Crippen LogP contribution >= 0.6 is 0 Å². The van der Waals surface area contributed by atoms with E-state index < -0.39 is 0 Å². The molecule has 15 heavy (non-hydrogen) atoms. The number of rotatable bonds is 3. The number of halogens is 1. The summed E-state index contributed by atoms with van der Waals surface area (Å²) in [5.74, 6) is 0.829. The molecule has 0 saturated heterocycles. The standard InChI is InChI=1S/C13H18FN/c1-3-15-8-10-7-9(2)11-5-4-6-12(14)13(10)11/h4-6,9-10,15H,3,7-8H2,1-2H3. The Morgan fingerprint density at radius 1 is 1.47 bits per heavy atom. The van der Waals surface area contributed by atoms with Gasteiger partial charge in [-0.25, -0.2) is 4.39 Å². The Labute approximate surface area is 90.7 Å². The van der Waals surface area contributed by atoms with E-state index in [9.17, 15) is 4.39 Å². The van der Waals surface area contributed by atoms with E-state index in [2.05, 4.69) is 25.2 Å². The summed E-state index contributed by atoms with van der Waals surface area (Å²) in [7, 11) is 0. The van der Waals surface area contributed by atoms with Crippen molar-refractivity contribution in [1.82, 2.24) is 5.32 Å². The highest BCUT2D eigenvalue weighted by Gasteiger charge is 2.30. The number of nitrogens with one attached hydrogen (secondary N) is 1. The lowest BCUT2D eigenvalue weighted by molar-refractivity contribution is 0.537. The fourth-order valence-corrected chi connectivity index (χ4v) is 2.59. The summed E-state index contributed by atoms with van der Waals surface area (Å²) >= 11 is 0. The predicted octanol–water partition coefficient (Wildman–Crippen LogP) is 3.03. The second-order valence-corrected chi connectivity index (χ2v) is 4.38. The first kappa shape index (κ1) is 10.6. The third-order valence-corrected chi connectivity index (χ3v) is 3.30. The zero-order valence-electron chi connectivity index (χ0n) is 9.39. The molecule has 0 radical (unpaired) electrons. The molecule has 82 valence electrons. The molecule has 1 nitrogen and oxygen atoms in total. The first-order valence-electron chi connectivity index (χ1n) is 5.73. The van der Waals surface area contributed by atoms with Crippen LogP contribution in [0.15, 0.2) is 18.2 Å². The van der Waals surface area contributed by atoms with Gasteiger partial charge in [-0.1, -0.05) is 26.0 Å². The van der Waals surface area contributed by atoms with Crippen LogP contribution < -0.4 is 5.32 Å². The van der Waals surface area contributed by atoms with Gasteiger partial charge >= 0.3 is 0 Å². The van der Waals surface area contributed by atoms with Crippen molar-refractivity contribution in [2.45, 2.75) is 32.1 Å². The number of hydrogen-bond donors (Lipinski definition) is 1. The third-order valence-electron chi connectivity index (χ3n) is 3.30. The smallest absolute Gasteiger partial charge is 0.127 e. The third kappa shape index (κ3) is 1.91. The molecule has 0 fully saturated rings. The molecule has 1 aromatic rings. The van der Waals surface area contributed by atoms with Crippen LogP contribution in [-0.4, -0.2) is 13.1 Å². The van der Waals surface area contributed by atoms with E-state index >= 15 is 0 Å². The number of likely N-dealkylation sites (N-methyl/N-ethyl adjacent to an activating group) is 1. The van der Waals surface area contributed by atoms with Gasteiger partial charge in [-0.2, -0.15) is 0 Å². The Morgan fingerprint density at radius 2 is 2.27 bits per heavy atom. The summed E-state index contributed by atoms with van der Waals surface area (Å²) in [5.41, 5.74) is 2.16. The summed E-state index contributed by atoms with van der Waals surface area (Å²) in [5, 5.41) is 3.31. The zero-order valence-corrected chi connectivity index (χ0v) is 9.39. The van der Waals surface area contributed by atoms with Gasteiger partial charge in [0.05, 0.1) is 0 Å². The zero-order chi connectivity index (χ0) is 10.8. The monoisotopic (exact) mass is 207 g/mol. The predicted molar refractivity (Wildman–Crippen MR) is 60.7 cm³/mol. The molecule has 0 aromatic heterocycles. The minimum atomic E-state index is -0.0280. The number of hydrogen-bond acceptors (Lipinski definition) is 1. The highest BCUT2D eigenvalue weighted by Crippen LogP contribution is 2.42. The maximum Gasteiger partial charge on any atom is 0.127 e. The van der Waals surface area contributed by atoms with Crippen LogP contribution in [0.4, 0.5) is 4.39 Å². The maximum atomic E-state index is 13.7. The van der Waals surface area contributed by atoms with E-state index in [1.54, 1.807) is 6.07 Å². The van der Waals surface area contributed by atoms with Gasteiger partial charge in [0, 0.05) is 12.5 Å². The summed E-state index contributed by atoms with van der Waals surface area (Å²) < 4.78 is 13.7. The van der Waals surface area contributed by atoms with Crippen molar-refractivity contribution >= 4 is 0 Å². The van der Waals surface area contributed by atoms with E-state index in [0.717, 1.165) is 25.1 Å². The lowest BCUT2D eigenvalue weighted by atomic mass is 10.0. The van der Waals surface area contributed by atoms with Crippen molar-refractivity contribution in [2.75, 3.05) is 13.1 Å². The van der Waals surface area contributed by atoms with Gasteiger partial charge in [-0.3, -0.25) is 0 Å². The number of fused-ring (bicyclic) bond motifs is 1. The molecule has 2 atom stereocenters. The summed E-state index contributed by atoms with van der Waals surface area (Å²) in [4.78, 5) is 0. The molecule has 0 spiro atoms. The van der Waals surface area contributed by atoms with E-state index in [-0.39, 0.29) is 5.82 Å². The largest absolute Gasteiger partial charge is 0.316 e. The molecule has 2 rings (SSSR count). The molecular weight excluding hydrogens is 189 g/mol. The Kier molecular flexibility index (Phi) is 3.06. The van der Waals surface area contributed by atoms with Crippen LogP contribution in [0.5, 0.6) is 0 Å². The summed E-state index contributed by atoms with van der Waals surface area (Å²) in [6.07, 6.45) is 1.07. The van der Waals surface area contributed by atoms with Crippen LogP contribution in [-0.2, 0) is 0 Å². The Balaban J connectivity index is 2.27. The van der Waals surface area contributed by atoms with Gasteiger partial charge in [0.1, 0.15) is 5.82 Å². The molecule has 1 N–H and O–H groups in total. The van der Waals surface area contributed by atoms with Gasteiger partial charge in [0.2, 0.25) is 0 Å². The van der Waals surface area contributed by atoms with E-state index in [1.165, 1.54) is 5.56 Å². The van der Waals surface area contributed by atoms with Crippen LogP contribution in [0.3, 0.4) is 0 Å². The fraction of sp³-hybridized carbons (Fsp3) is 0.538. The molecule has 0 aliphatic heterocycles. The highest BCUT2D eigenvalue weighted by molar-refractivity contribution is 5.39. The molecule has 1 aliphatic rings. The fourth-order valence-electron chi connectivity index (χ4n) is 2.59. The van der Waals surface area contributed by atoms with E-state index in [0.29, 0.717) is 11.8 Å². The van der Waals surface area contributed by atoms with Crippen molar-refractivity contribution in [2.24, 2.45) is 0 Å². The van der Waals surface area contributed by atoms with Crippen LogP contribution in [0.2, 0.25) is 0 Å². The Morgan fingerprint density at radius 3 is 3.00 bits per heavy atom. The topological polar surface area (TPSA) is 12.0 Å². The SMILES string of the molecule is CCNCC1CC(C)c2cccc(F)c21. The second-order valence-electron chi connectivity index (χ2n) is 4.38. The molecule has 1 aromatic carbocycles. The van der Waals surface area contributed by atoms with Crippen LogP contribution in [0, 0.1) is 5.82 Å². The second kappa shape index (κ2) is 4.31. The van der Waals surface area contributed by atoms with Crippen molar-refractivity contribution < 1.29 is 4.39 Å². The van der Waals surface area contributed by atoms with Crippen LogP contribution in [0.1, 0.15) is 43.2 Å². The van der Waals surface area contributed by atoms with E-state index in [4.69, 9.17) is 0 Å². The number of benzene rings is 1. The van der Waals surface area contributed by atoms with Gasteiger partial charge in [0.25, 0.3) is 0 Å². The lowest BCUT2D eigenvalue weighted by Gasteiger charge is -2.12. The van der Waals surface area contributed by atoms with Crippen molar-refractivity contribution in [3.05, 3.63) is 35.1 Å². The molecule has 0 bridgehead atoms. The van der Waals surface area contributed by atoms with Gasteiger partial charge in [-0.05, 0) is 36.1 Å². The lowest BCUT2D eigenvalue weighted by Crippen LogP contribution is -2.20. The van der Waals surface area contributed by atoms with Gasteiger partial charge in [0.15, 0.2) is 0 Å². The maximum absolute atomic E-state index is 13.7. The van der Waals surface area contributed by atoms with Crippen molar-refractivity contribution in [3.63, 3.8) is 0 Å². The minimum Gasteiger partial charge on any atom is -0.316 e. The van der Waals surface area contributed by atoms with Crippen molar-refractivity contribution in [1.29, 1.82) is 0 Å². The average Bonchev–Trinajstić information content (AvgIpc) is 2.55. The average molecular weight is 207 g/mol. The summed E-state index contributed by atoms with van der Waals surface area (Å²) in [6.45, 7) is 6.12. The highest BCUT2D eigenvalue weighted by atomic mass is 19.1. The van der Waals surface area contributed by atoms with Gasteiger partial charge in [-0.15, -0.1) is 0 Å². The molecular formula is C13H18FN. The first-order valence-corrected chi connectivity index (χ1v) is 5.73.